The molecule has 0 saturated carbocycles. The molecule has 102 valence electrons. The van der Waals surface area contributed by atoms with Crippen molar-refractivity contribution in [3.05, 3.63) is 23.8 Å². The molecule has 0 spiro atoms. The van der Waals surface area contributed by atoms with Crippen LogP contribution >= 0.6 is 11.3 Å². The average molecular weight is 279 g/mol. The molecule has 1 aromatic heterocycles. The van der Waals surface area contributed by atoms with E-state index in [-0.39, 0.29) is 12.5 Å². The predicted octanol–water partition coefficient (Wildman–Crippen LogP) is 1.78. The summed E-state index contributed by atoms with van der Waals surface area (Å²) in [5.74, 6) is -0.0625. The first-order valence-electron chi connectivity index (χ1n) is 6.06. The van der Waals surface area contributed by atoms with Crippen LogP contribution < -0.4 is 10.6 Å². The molecule has 0 bridgehead atoms. The molecule has 0 unspecified atom stereocenters. The molecule has 5 nitrogen and oxygen atoms in total. The SMILES string of the molecule is COCCNC(=O)CNc1nc2ccc(C)cc2s1. The number of amides is 1. The van der Waals surface area contributed by atoms with Crippen LogP contribution in [0.3, 0.4) is 0 Å². The summed E-state index contributed by atoms with van der Waals surface area (Å²) in [6.45, 7) is 3.32. The van der Waals surface area contributed by atoms with Gasteiger partial charge in [0.15, 0.2) is 5.13 Å². The van der Waals surface area contributed by atoms with E-state index in [0.717, 1.165) is 15.3 Å². The van der Waals surface area contributed by atoms with Crippen molar-refractivity contribution in [3.63, 3.8) is 0 Å². The summed E-state index contributed by atoms with van der Waals surface area (Å²) in [5, 5.41) is 6.55. The monoisotopic (exact) mass is 279 g/mol. The lowest BCUT2D eigenvalue weighted by molar-refractivity contribution is -0.119. The number of aromatic nitrogens is 1. The Kier molecular flexibility index (Phi) is 4.70. The number of benzene rings is 1. The molecule has 0 aliphatic rings. The van der Waals surface area contributed by atoms with Crippen LogP contribution in [0.1, 0.15) is 5.56 Å². The van der Waals surface area contributed by atoms with Crippen molar-refractivity contribution in [2.75, 3.05) is 32.1 Å². The molecule has 1 aromatic carbocycles. The number of fused-ring (bicyclic) bond motifs is 1. The Hall–Kier alpha value is -1.66. The summed E-state index contributed by atoms with van der Waals surface area (Å²) in [7, 11) is 1.60. The van der Waals surface area contributed by atoms with Gasteiger partial charge in [-0.15, -0.1) is 0 Å². The van der Waals surface area contributed by atoms with Gasteiger partial charge in [-0.25, -0.2) is 4.98 Å². The molecule has 0 radical (unpaired) electrons. The van der Waals surface area contributed by atoms with E-state index in [1.54, 1.807) is 18.4 Å². The highest BCUT2D eigenvalue weighted by Crippen LogP contribution is 2.26. The summed E-state index contributed by atoms with van der Waals surface area (Å²) in [6, 6.07) is 6.12. The van der Waals surface area contributed by atoms with E-state index in [2.05, 4.69) is 28.6 Å². The Balaban J connectivity index is 1.89. The van der Waals surface area contributed by atoms with E-state index in [1.807, 2.05) is 12.1 Å². The van der Waals surface area contributed by atoms with Gasteiger partial charge in [-0.1, -0.05) is 17.4 Å². The van der Waals surface area contributed by atoms with Crippen molar-refractivity contribution in [1.29, 1.82) is 0 Å². The summed E-state index contributed by atoms with van der Waals surface area (Å²) in [6.07, 6.45) is 0. The van der Waals surface area contributed by atoms with E-state index in [1.165, 1.54) is 5.56 Å². The lowest BCUT2D eigenvalue weighted by Crippen LogP contribution is -2.32. The summed E-state index contributed by atoms with van der Waals surface area (Å²) in [4.78, 5) is 15.9. The number of methoxy groups -OCH3 is 1. The number of hydrogen-bond acceptors (Lipinski definition) is 5. The van der Waals surface area contributed by atoms with Crippen molar-refractivity contribution >= 4 is 32.6 Å². The van der Waals surface area contributed by atoms with Crippen molar-refractivity contribution in [2.24, 2.45) is 0 Å². The third-order valence-electron chi connectivity index (χ3n) is 2.57. The summed E-state index contributed by atoms with van der Waals surface area (Å²) < 4.78 is 5.99. The number of thiazole rings is 1. The second kappa shape index (κ2) is 6.49. The zero-order chi connectivity index (χ0) is 13.7. The number of carbonyl (C=O) groups is 1. The molecule has 2 rings (SSSR count). The highest BCUT2D eigenvalue weighted by molar-refractivity contribution is 7.22. The van der Waals surface area contributed by atoms with E-state index >= 15 is 0 Å². The Morgan fingerprint density at radius 3 is 3.11 bits per heavy atom. The number of aryl methyl sites for hydroxylation is 1. The van der Waals surface area contributed by atoms with E-state index in [4.69, 9.17) is 4.74 Å². The van der Waals surface area contributed by atoms with Crippen LogP contribution in [0.5, 0.6) is 0 Å². The Bertz CT molecular complexity index is 568. The zero-order valence-corrected chi connectivity index (χ0v) is 11.8. The molecule has 0 aliphatic carbocycles. The van der Waals surface area contributed by atoms with Crippen molar-refractivity contribution in [1.82, 2.24) is 10.3 Å². The van der Waals surface area contributed by atoms with Gasteiger partial charge in [-0.2, -0.15) is 0 Å². The number of nitrogens with zero attached hydrogens (tertiary/aromatic N) is 1. The first-order valence-corrected chi connectivity index (χ1v) is 6.87. The van der Waals surface area contributed by atoms with E-state index in [0.29, 0.717) is 13.2 Å². The molecular formula is C13H17N3O2S. The number of hydrogen-bond donors (Lipinski definition) is 2. The maximum Gasteiger partial charge on any atom is 0.239 e. The van der Waals surface area contributed by atoms with Crippen LogP contribution in [-0.4, -0.2) is 37.7 Å². The molecule has 0 atom stereocenters. The van der Waals surface area contributed by atoms with E-state index in [9.17, 15) is 4.79 Å². The molecule has 0 fully saturated rings. The van der Waals surface area contributed by atoms with Crippen LogP contribution in [0.4, 0.5) is 5.13 Å². The standard InChI is InChI=1S/C13H17N3O2S/c1-9-3-4-10-11(7-9)19-13(16-10)15-8-12(17)14-5-6-18-2/h3-4,7H,5-6,8H2,1-2H3,(H,14,17)(H,15,16). The largest absolute Gasteiger partial charge is 0.383 e. The quantitative estimate of drug-likeness (QED) is 0.791. The van der Waals surface area contributed by atoms with Gasteiger partial charge in [0.05, 0.1) is 23.4 Å². The maximum atomic E-state index is 11.5. The summed E-state index contributed by atoms with van der Waals surface area (Å²) in [5.41, 5.74) is 2.16. The fourth-order valence-electron chi connectivity index (χ4n) is 1.62. The van der Waals surface area contributed by atoms with Gasteiger partial charge in [0, 0.05) is 13.7 Å². The average Bonchev–Trinajstić information content (AvgIpc) is 2.78. The highest BCUT2D eigenvalue weighted by Gasteiger charge is 2.05. The minimum absolute atomic E-state index is 0.0625. The topological polar surface area (TPSA) is 63.2 Å². The second-order valence-electron chi connectivity index (χ2n) is 4.19. The third-order valence-corrected chi connectivity index (χ3v) is 3.55. The molecule has 1 heterocycles. The smallest absolute Gasteiger partial charge is 0.239 e. The van der Waals surface area contributed by atoms with Crippen molar-refractivity contribution < 1.29 is 9.53 Å². The van der Waals surface area contributed by atoms with Gasteiger partial charge >= 0.3 is 0 Å². The highest BCUT2D eigenvalue weighted by atomic mass is 32.1. The predicted molar refractivity (Wildman–Crippen MR) is 77.7 cm³/mol. The molecule has 0 saturated heterocycles. The number of anilines is 1. The molecule has 2 aromatic rings. The lowest BCUT2D eigenvalue weighted by Gasteiger charge is -2.04. The van der Waals surface area contributed by atoms with Gasteiger partial charge in [-0.05, 0) is 24.6 Å². The third kappa shape index (κ3) is 3.90. The molecule has 1 amide bonds. The minimum Gasteiger partial charge on any atom is -0.383 e. The first-order chi connectivity index (χ1) is 9.19. The number of carbonyl (C=O) groups excluding carboxylic acids is 1. The Labute approximate surface area is 116 Å². The molecule has 6 heteroatoms. The first kappa shape index (κ1) is 13.8. The van der Waals surface area contributed by atoms with E-state index < -0.39 is 0 Å². The maximum absolute atomic E-state index is 11.5. The van der Waals surface area contributed by atoms with Crippen molar-refractivity contribution in [3.8, 4) is 0 Å². The number of nitrogens with one attached hydrogen (secondary N) is 2. The van der Waals surface area contributed by atoms with Gasteiger partial charge in [-0.3, -0.25) is 4.79 Å². The molecule has 2 N–H and O–H groups in total. The van der Waals surface area contributed by atoms with Gasteiger partial charge in [0.2, 0.25) is 5.91 Å². The van der Waals surface area contributed by atoms with Crippen molar-refractivity contribution in [2.45, 2.75) is 6.92 Å². The van der Waals surface area contributed by atoms with Crippen LogP contribution in [0, 0.1) is 6.92 Å². The molecule has 0 aliphatic heterocycles. The van der Waals surface area contributed by atoms with Gasteiger partial charge in [0.25, 0.3) is 0 Å². The lowest BCUT2D eigenvalue weighted by atomic mass is 10.2. The molecule has 19 heavy (non-hydrogen) atoms. The minimum atomic E-state index is -0.0625. The van der Waals surface area contributed by atoms with Crippen LogP contribution in [-0.2, 0) is 9.53 Å². The van der Waals surface area contributed by atoms with Crippen LogP contribution in [0.2, 0.25) is 0 Å². The second-order valence-corrected chi connectivity index (χ2v) is 5.22. The number of ether oxygens (including phenoxy) is 1. The fourth-order valence-corrected chi connectivity index (χ4v) is 2.58. The Morgan fingerprint density at radius 1 is 1.47 bits per heavy atom. The fraction of sp³-hybridized carbons (Fsp3) is 0.385. The zero-order valence-electron chi connectivity index (χ0n) is 11.0. The molecular weight excluding hydrogens is 262 g/mol. The van der Waals surface area contributed by atoms with Crippen LogP contribution in [0.15, 0.2) is 18.2 Å². The normalized spacial score (nSPS) is 10.6. The number of rotatable bonds is 6. The van der Waals surface area contributed by atoms with Gasteiger partial charge < -0.3 is 15.4 Å². The van der Waals surface area contributed by atoms with Crippen LogP contribution in [0.25, 0.3) is 10.2 Å². The van der Waals surface area contributed by atoms with Gasteiger partial charge in [0.1, 0.15) is 0 Å². The Morgan fingerprint density at radius 2 is 2.32 bits per heavy atom. The summed E-state index contributed by atoms with van der Waals surface area (Å²) >= 11 is 1.55.